The molecule has 1 unspecified atom stereocenters. The predicted molar refractivity (Wildman–Crippen MR) is 174 cm³/mol. The molecule has 0 saturated heterocycles. The maximum atomic E-state index is 13.6. The summed E-state index contributed by atoms with van der Waals surface area (Å²) in [6.07, 6.45) is 3.66. The zero-order valence-corrected chi connectivity index (χ0v) is 26.5. The summed E-state index contributed by atoms with van der Waals surface area (Å²) in [6.45, 7) is 6.20. The van der Waals surface area contributed by atoms with Gasteiger partial charge in [0.15, 0.2) is 0 Å². The van der Waals surface area contributed by atoms with Crippen molar-refractivity contribution in [3.63, 3.8) is 0 Å². The van der Waals surface area contributed by atoms with Gasteiger partial charge in [0.05, 0.1) is 27.5 Å². The summed E-state index contributed by atoms with van der Waals surface area (Å²) in [5, 5.41) is 9.94. The van der Waals surface area contributed by atoms with E-state index in [0.29, 0.717) is 30.1 Å². The van der Waals surface area contributed by atoms with Gasteiger partial charge in [0.25, 0.3) is 21.3 Å². The number of ether oxygens (including phenoxy) is 1. The maximum absolute atomic E-state index is 13.6. The number of carbonyl (C=O) groups is 1. The van der Waals surface area contributed by atoms with Crippen molar-refractivity contribution in [2.24, 2.45) is 0 Å². The molecule has 1 atom stereocenters. The van der Waals surface area contributed by atoms with E-state index < -0.39 is 27.3 Å². The van der Waals surface area contributed by atoms with Crippen LogP contribution in [0.4, 0.5) is 17.1 Å². The zero-order valence-electron chi connectivity index (χ0n) is 24.8. The molecular weight excluding hydrogens is 601 g/mol. The van der Waals surface area contributed by atoms with Crippen LogP contribution in [0, 0.1) is 13.8 Å². The lowest BCUT2D eigenvalue weighted by Gasteiger charge is -2.25. The Morgan fingerprint density at radius 2 is 1.36 bits per heavy atom. The Bertz CT molecular complexity index is 1710. The number of unbranched alkanes of at least 4 members (excludes halogenated alkanes) is 3. The second kappa shape index (κ2) is 14.5. The molecule has 0 aromatic heterocycles. The minimum Gasteiger partial charge on any atom is -0.478 e. The number of carboxylic acid groups (broad SMARTS) is 1. The van der Waals surface area contributed by atoms with Crippen molar-refractivity contribution in [2.75, 3.05) is 15.2 Å². The first-order valence-electron chi connectivity index (χ1n) is 14.2. The Morgan fingerprint density at radius 3 is 1.93 bits per heavy atom. The average Bonchev–Trinajstić information content (AvgIpc) is 2.99. The summed E-state index contributed by atoms with van der Waals surface area (Å²) in [6, 6.07) is 24.3. The lowest BCUT2D eigenvalue weighted by molar-refractivity contribution is 0.0697. The molecule has 4 aromatic carbocycles. The summed E-state index contributed by atoms with van der Waals surface area (Å²) < 4.78 is 57.9. The number of hydrogen-bond donors (Lipinski definition) is 2. The molecule has 0 aliphatic carbocycles. The van der Waals surface area contributed by atoms with Gasteiger partial charge in [0.1, 0.15) is 11.5 Å². The Hall–Kier alpha value is -4.19. The van der Waals surface area contributed by atoms with Crippen LogP contribution >= 0.6 is 0 Å². The summed E-state index contributed by atoms with van der Waals surface area (Å²) in [5.74, 6) is -0.754. The molecule has 0 radical (unpaired) electrons. The van der Waals surface area contributed by atoms with E-state index in [1.54, 1.807) is 72.8 Å². The van der Waals surface area contributed by atoms with Crippen molar-refractivity contribution >= 4 is 44.3 Å². The summed E-state index contributed by atoms with van der Waals surface area (Å²) >= 11 is -2.54. The molecule has 44 heavy (non-hydrogen) atoms. The molecule has 0 bridgehead atoms. The average molecular weight is 637 g/mol. The van der Waals surface area contributed by atoms with Gasteiger partial charge in [-0.05, 0) is 87.0 Å². The lowest BCUT2D eigenvalue weighted by Crippen LogP contribution is -2.32. The van der Waals surface area contributed by atoms with Crippen LogP contribution in [0.15, 0.2) is 95.9 Å². The normalized spacial score (nSPS) is 12.0. The number of aromatic carboxylic acids is 1. The standard InChI is InChI=1S/C33H36N2O7S2/c1-4-5-6-7-22-34(44(40,41)30-19-10-25(3)11-20-30)26-14-16-28(17-15-26)42-29-18-21-32(31(23-29)33(36)37)35(43(38)39)27-12-8-24(2)9-13-27/h8-21,23H,4-7,22H2,1-3H3,(H,36,37)(H,38,39). The number of aryl methyl sites for hydroxylation is 2. The fraction of sp³-hybridized carbons (Fsp3) is 0.242. The first-order valence-corrected chi connectivity index (χ1v) is 16.7. The van der Waals surface area contributed by atoms with Crippen molar-refractivity contribution < 1.29 is 31.8 Å². The third-order valence-electron chi connectivity index (χ3n) is 7.03. The van der Waals surface area contributed by atoms with Crippen LogP contribution in [0.3, 0.4) is 0 Å². The van der Waals surface area contributed by atoms with Crippen molar-refractivity contribution in [3.05, 3.63) is 108 Å². The van der Waals surface area contributed by atoms with Gasteiger partial charge in [-0.25, -0.2) is 21.7 Å². The molecule has 0 spiro atoms. The van der Waals surface area contributed by atoms with Crippen molar-refractivity contribution in [1.82, 2.24) is 0 Å². The van der Waals surface area contributed by atoms with Crippen LogP contribution < -0.4 is 13.3 Å². The minimum atomic E-state index is -3.81. The van der Waals surface area contributed by atoms with Crippen LogP contribution in [0.5, 0.6) is 11.5 Å². The highest BCUT2D eigenvalue weighted by Crippen LogP contribution is 2.35. The first-order chi connectivity index (χ1) is 21.0. The zero-order chi connectivity index (χ0) is 31.9. The fourth-order valence-electron chi connectivity index (χ4n) is 4.64. The number of rotatable bonds is 14. The molecule has 4 aromatic rings. The van der Waals surface area contributed by atoms with E-state index in [-0.39, 0.29) is 21.9 Å². The van der Waals surface area contributed by atoms with Crippen LogP contribution in [-0.2, 0) is 21.3 Å². The van der Waals surface area contributed by atoms with Gasteiger partial charge in [0, 0.05) is 6.54 Å². The van der Waals surface area contributed by atoms with E-state index in [0.717, 1.165) is 34.7 Å². The van der Waals surface area contributed by atoms with Crippen LogP contribution in [0.25, 0.3) is 0 Å². The molecule has 0 aliphatic rings. The smallest absolute Gasteiger partial charge is 0.337 e. The number of sulfonamides is 1. The molecule has 4 rings (SSSR count). The van der Waals surface area contributed by atoms with Crippen molar-refractivity contribution in [3.8, 4) is 11.5 Å². The molecular formula is C33H36N2O7S2. The highest BCUT2D eigenvalue weighted by molar-refractivity contribution is 7.92. The second-order valence-electron chi connectivity index (χ2n) is 10.4. The minimum absolute atomic E-state index is 0.0184. The van der Waals surface area contributed by atoms with E-state index in [1.165, 1.54) is 22.5 Å². The molecule has 232 valence electrons. The molecule has 0 saturated carbocycles. The number of benzene rings is 4. The van der Waals surface area contributed by atoms with Gasteiger partial charge in [-0.15, -0.1) is 0 Å². The summed E-state index contributed by atoms with van der Waals surface area (Å²) in [5.41, 5.74) is 2.53. The Morgan fingerprint density at radius 1 is 0.795 bits per heavy atom. The van der Waals surface area contributed by atoms with E-state index in [1.807, 2.05) is 13.8 Å². The third-order valence-corrected chi connectivity index (χ3v) is 9.59. The largest absolute Gasteiger partial charge is 0.478 e. The number of carboxylic acids is 1. The lowest BCUT2D eigenvalue weighted by atomic mass is 10.1. The predicted octanol–water partition coefficient (Wildman–Crippen LogP) is 7.84. The highest BCUT2D eigenvalue weighted by Gasteiger charge is 2.25. The summed E-state index contributed by atoms with van der Waals surface area (Å²) in [4.78, 5) is 12.4. The monoisotopic (exact) mass is 636 g/mol. The molecule has 0 amide bonds. The first kappa shape index (κ1) is 32.7. The van der Waals surface area contributed by atoms with E-state index in [2.05, 4.69) is 6.92 Å². The third kappa shape index (κ3) is 7.85. The van der Waals surface area contributed by atoms with Gasteiger partial charge in [0.2, 0.25) is 0 Å². The second-order valence-corrected chi connectivity index (χ2v) is 13.1. The van der Waals surface area contributed by atoms with Gasteiger partial charge in [-0.2, -0.15) is 0 Å². The Labute approximate surface area is 261 Å². The quantitative estimate of drug-likeness (QED) is 0.107. The van der Waals surface area contributed by atoms with Crippen molar-refractivity contribution in [1.29, 1.82) is 0 Å². The summed E-state index contributed by atoms with van der Waals surface area (Å²) in [7, 11) is -3.81. The highest BCUT2D eigenvalue weighted by atomic mass is 32.2. The topological polar surface area (TPSA) is 124 Å². The fourth-order valence-corrected chi connectivity index (χ4v) is 6.78. The number of nitrogens with zero attached hydrogens (tertiary/aromatic N) is 2. The van der Waals surface area contributed by atoms with Crippen LogP contribution in [-0.4, -0.2) is 34.8 Å². The van der Waals surface area contributed by atoms with Gasteiger partial charge >= 0.3 is 5.97 Å². The SMILES string of the molecule is CCCCCCN(c1ccc(Oc2ccc(N(c3ccc(C)cc3)S(=O)O)c(C(=O)O)c2)cc1)S(=O)(=O)c1ccc(C)cc1. The Kier molecular flexibility index (Phi) is 10.8. The molecule has 0 aliphatic heterocycles. The van der Waals surface area contributed by atoms with E-state index in [9.17, 15) is 27.1 Å². The van der Waals surface area contributed by atoms with Crippen LogP contribution in [0.1, 0.15) is 54.1 Å². The Balaban J connectivity index is 1.61. The molecule has 9 nitrogen and oxygen atoms in total. The van der Waals surface area contributed by atoms with E-state index >= 15 is 0 Å². The van der Waals surface area contributed by atoms with Crippen LogP contribution in [0.2, 0.25) is 0 Å². The van der Waals surface area contributed by atoms with Crippen molar-refractivity contribution in [2.45, 2.75) is 51.3 Å². The molecule has 2 N–H and O–H groups in total. The van der Waals surface area contributed by atoms with Gasteiger partial charge in [-0.3, -0.25) is 8.86 Å². The van der Waals surface area contributed by atoms with E-state index in [4.69, 9.17) is 4.74 Å². The van der Waals surface area contributed by atoms with Gasteiger partial charge in [-0.1, -0.05) is 61.6 Å². The molecule has 0 heterocycles. The number of anilines is 3. The molecule has 11 heteroatoms. The van der Waals surface area contributed by atoms with Gasteiger partial charge < -0.3 is 9.84 Å². The number of hydrogen-bond acceptors (Lipinski definition) is 5. The maximum Gasteiger partial charge on any atom is 0.337 e. The molecule has 0 fully saturated rings.